The zero-order valence-corrected chi connectivity index (χ0v) is 12.6. The second-order valence-corrected chi connectivity index (χ2v) is 6.42. The molecule has 0 radical (unpaired) electrons. The summed E-state index contributed by atoms with van der Waals surface area (Å²) in [7, 11) is 0. The molecule has 0 bridgehead atoms. The van der Waals surface area contributed by atoms with Gasteiger partial charge in [0.2, 0.25) is 5.91 Å². The number of benzene rings is 1. The van der Waals surface area contributed by atoms with Gasteiger partial charge in [0.15, 0.2) is 0 Å². The molecule has 2 aliphatic rings. The van der Waals surface area contributed by atoms with E-state index in [0.29, 0.717) is 30.5 Å². The maximum atomic E-state index is 13.1. The van der Waals surface area contributed by atoms with Crippen LogP contribution in [0.25, 0.3) is 0 Å². The zero-order valence-electron chi connectivity index (χ0n) is 12.6. The molecule has 1 aromatic rings. The molecule has 2 N–H and O–H groups in total. The van der Waals surface area contributed by atoms with Crippen molar-refractivity contribution in [2.45, 2.75) is 50.6 Å². The van der Waals surface area contributed by atoms with Crippen LogP contribution in [0.1, 0.15) is 37.7 Å². The van der Waals surface area contributed by atoms with E-state index in [-0.39, 0.29) is 11.9 Å². The monoisotopic (exact) mass is 308 g/mol. The van der Waals surface area contributed by atoms with E-state index in [9.17, 15) is 13.6 Å². The Morgan fingerprint density at radius 3 is 2.64 bits per heavy atom. The highest BCUT2D eigenvalue weighted by atomic mass is 19.1. The Labute approximate surface area is 129 Å². The average Bonchev–Trinajstić information content (AvgIpc) is 2.90. The lowest BCUT2D eigenvalue weighted by Gasteiger charge is -2.24. The molecule has 1 saturated heterocycles. The molecule has 1 saturated carbocycles. The molecule has 3 rings (SSSR count). The topological polar surface area (TPSA) is 41.1 Å². The van der Waals surface area contributed by atoms with Crippen LogP contribution in [-0.2, 0) is 11.2 Å². The van der Waals surface area contributed by atoms with Crippen molar-refractivity contribution in [3.63, 3.8) is 0 Å². The fourth-order valence-electron chi connectivity index (χ4n) is 3.73. The Morgan fingerprint density at radius 1 is 1.18 bits per heavy atom. The quantitative estimate of drug-likeness (QED) is 0.897. The molecule has 120 valence electrons. The van der Waals surface area contributed by atoms with Crippen LogP contribution in [0.5, 0.6) is 0 Å². The number of halogens is 2. The van der Waals surface area contributed by atoms with Crippen molar-refractivity contribution in [1.29, 1.82) is 0 Å². The molecule has 1 aliphatic heterocycles. The molecule has 1 aromatic carbocycles. The number of carbonyl (C=O) groups is 1. The van der Waals surface area contributed by atoms with Crippen LogP contribution in [-0.4, -0.2) is 24.5 Å². The number of hydrogen-bond acceptors (Lipinski definition) is 2. The van der Waals surface area contributed by atoms with Gasteiger partial charge in [0.1, 0.15) is 11.6 Å². The van der Waals surface area contributed by atoms with Crippen LogP contribution in [0.15, 0.2) is 18.2 Å². The third kappa shape index (κ3) is 3.64. The fraction of sp³-hybridized carbons (Fsp3) is 0.588. The normalized spacial score (nSPS) is 27.5. The fourth-order valence-corrected chi connectivity index (χ4v) is 3.73. The standard InChI is InChI=1S/C17H22F2N2O/c18-13-7-11(8-14(19)10-13)5-6-20-17(22)16-9-12-3-1-2-4-15(12)21-16/h7-8,10,12,15-16,21H,1-6,9H2,(H,20,22). The minimum absolute atomic E-state index is 0.00581. The summed E-state index contributed by atoms with van der Waals surface area (Å²) in [5.74, 6) is -0.529. The Hall–Kier alpha value is -1.49. The molecule has 1 heterocycles. The lowest BCUT2D eigenvalue weighted by Crippen LogP contribution is -2.43. The van der Waals surface area contributed by atoms with E-state index in [2.05, 4.69) is 10.6 Å². The van der Waals surface area contributed by atoms with E-state index in [0.717, 1.165) is 18.9 Å². The molecule has 2 fully saturated rings. The van der Waals surface area contributed by atoms with Crippen molar-refractivity contribution in [2.75, 3.05) is 6.54 Å². The van der Waals surface area contributed by atoms with Crippen molar-refractivity contribution >= 4 is 5.91 Å². The molecular weight excluding hydrogens is 286 g/mol. The average molecular weight is 308 g/mol. The molecule has 3 nitrogen and oxygen atoms in total. The number of carbonyl (C=O) groups excluding carboxylic acids is 1. The SMILES string of the molecule is O=C(NCCc1cc(F)cc(F)c1)C1CC2CCCCC2N1. The van der Waals surface area contributed by atoms with Crippen molar-refractivity contribution in [2.24, 2.45) is 5.92 Å². The first-order valence-electron chi connectivity index (χ1n) is 8.10. The third-order valence-corrected chi connectivity index (χ3v) is 4.81. The van der Waals surface area contributed by atoms with E-state index in [1.165, 1.54) is 31.4 Å². The minimum atomic E-state index is -0.581. The molecule has 3 atom stereocenters. The van der Waals surface area contributed by atoms with Gasteiger partial charge < -0.3 is 10.6 Å². The number of rotatable bonds is 4. The van der Waals surface area contributed by atoms with Gasteiger partial charge in [0.25, 0.3) is 0 Å². The number of nitrogens with one attached hydrogen (secondary N) is 2. The number of hydrogen-bond donors (Lipinski definition) is 2. The second kappa shape index (κ2) is 6.73. The van der Waals surface area contributed by atoms with Crippen molar-refractivity contribution in [3.8, 4) is 0 Å². The predicted molar refractivity (Wildman–Crippen MR) is 80.4 cm³/mol. The van der Waals surface area contributed by atoms with Gasteiger partial charge in [-0.15, -0.1) is 0 Å². The summed E-state index contributed by atoms with van der Waals surface area (Å²) in [4.78, 5) is 12.2. The van der Waals surface area contributed by atoms with Gasteiger partial charge in [-0.05, 0) is 49.3 Å². The van der Waals surface area contributed by atoms with Crippen molar-refractivity contribution in [3.05, 3.63) is 35.4 Å². The Balaban J connectivity index is 1.46. The van der Waals surface area contributed by atoms with Gasteiger partial charge in [-0.3, -0.25) is 4.79 Å². The molecule has 5 heteroatoms. The summed E-state index contributed by atoms with van der Waals surface area (Å²) in [6.45, 7) is 0.398. The molecular formula is C17H22F2N2O. The van der Waals surface area contributed by atoms with E-state index in [4.69, 9.17) is 0 Å². The van der Waals surface area contributed by atoms with Crippen molar-refractivity contribution in [1.82, 2.24) is 10.6 Å². The van der Waals surface area contributed by atoms with Gasteiger partial charge in [0.05, 0.1) is 6.04 Å². The van der Waals surface area contributed by atoms with Gasteiger partial charge in [-0.2, -0.15) is 0 Å². The smallest absolute Gasteiger partial charge is 0.237 e. The minimum Gasteiger partial charge on any atom is -0.354 e. The molecule has 22 heavy (non-hydrogen) atoms. The Morgan fingerprint density at radius 2 is 1.91 bits per heavy atom. The number of fused-ring (bicyclic) bond motifs is 1. The van der Waals surface area contributed by atoms with E-state index >= 15 is 0 Å². The maximum Gasteiger partial charge on any atom is 0.237 e. The first kappa shape index (κ1) is 15.4. The first-order valence-corrected chi connectivity index (χ1v) is 8.10. The van der Waals surface area contributed by atoms with Crippen LogP contribution in [0.3, 0.4) is 0 Å². The zero-order chi connectivity index (χ0) is 15.5. The van der Waals surface area contributed by atoms with Gasteiger partial charge in [-0.1, -0.05) is 12.8 Å². The maximum absolute atomic E-state index is 13.1. The van der Waals surface area contributed by atoms with Crippen LogP contribution in [0.4, 0.5) is 8.78 Å². The molecule has 0 aromatic heterocycles. The van der Waals surface area contributed by atoms with Crippen LogP contribution >= 0.6 is 0 Å². The molecule has 3 unspecified atom stereocenters. The van der Waals surface area contributed by atoms with E-state index in [1.54, 1.807) is 0 Å². The summed E-state index contributed by atoms with van der Waals surface area (Å²) in [5, 5.41) is 6.30. The lowest BCUT2D eigenvalue weighted by molar-refractivity contribution is -0.122. The van der Waals surface area contributed by atoms with E-state index in [1.807, 2.05) is 0 Å². The first-order chi connectivity index (χ1) is 10.6. The molecule has 1 aliphatic carbocycles. The summed E-state index contributed by atoms with van der Waals surface area (Å²) in [5.41, 5.74) is 0.561. The third-order valence-electron chi connectivity index (χ3n) is 4.81. The Bertz CT molecular complexity index is 515. The largest absolute Gasteiger partial charge is 0.354 e. The summed E-state index contributed by atoms with van der Waals surface area (Å²) in [6, 6.07) is 3.83. The number of amides is 1. The highest BCUT2D eigenvalue weighted by molar-refractivity contribution is 5.82. The summed E-state index contributed by atoms with van der Waals surface area (Å²) in [6.07, 6.45) is 6.22. The van der Waals surface area contributed by atoms with Gasteiger partial charge in [0, 0.05) is 18.7 Å². The molecule has 1 amide bonds. The second-order valence-electron chi connectivity index (χ2n) is 6.42. The molecule has 0 spiro atoms. The van der Waals surface area contributed by atoms with E-state index < -0.39 is 11.6 Å². The van der Waals surface area contributed by atoms with Crippen molar-refractivity contribution < 1.29 is 13.6 Å². The van der Waals surface area contributed by atoms with Crippen LogP contribution in [0, 0.1) is 17.6 Å². The summed E-state index contributed by atoms with van der Waals surface area (Å²) >= 11 is 0. The summed E-state index contributed by atoms with van der Waals surface area (Å²) < 4.78 is 26.2. The lowest BCUT2D eigenvalue weighted by atomic mass is 9.85. The van der Waals surface area contributed by atoms with Crippen LogP contribution < -0.4 is 10.6 Å². The highest BCUT2D eigenvalue weighted by Gasteiger charge is 2.37. The Kier molecular flexibility index (Phi) is 4.71. The predicted octanol–water partition coefficient (Wildman–Crippen LogP) is 2.54. The van der Waals surface area contributed by atoms with Gasteiger partial charge >= 0.3 is 0 Å². The highest BCUT2D eigenvalue weighted by Crippen LogP contribution is 2.33. The van der Waals surface area contributed by atoms with Gasteiger partial charge in [-0.25, -0.2) is 8.78 Å². The van der Waals surface area contributed by atoms with Crippen LogP contribution in [0.2, 0.25) is 0 Å².